The number of hydrogen-bond donors (Lipinski definition) is 10. The topological polar surface area (TPSA) is 279 Å². The summed E-state index contributed by atoms with van der Waals surface area (Å²) in [4.78, 5) is 13.2. The number of phenols is 2. The Balaban J connectivity index is 1.61. The van der Waals surface area contributed by atoms with E-state index in [9.17, 15) is 55.9 Å². The fourth-order valence-electron chi connectivity index (χ4n) is 5.11. The van der Waals surface area contributed by atoms with Gasteiger partial charge in [0.1, 0.15) is 59.6 Å². The number of phenolic OH excluding ortho intramolecular Hbond substituents is 2. The standard InChI is InChI=1S/C28H32O17/c1-40-12-6-11(32)15-18(35)21(38)23(9-2-4-10(31)5-3-9)43-25(15)24(12)44-28-26(20(37)17(34)14(8-30)42-28)45-27-22(39)19(36)16(33)13(7-29)41-27/h2-6,13-14,16-17,19-20,22,26-34,36-39H,7-8H2,1H3/t13?,14?,16-,17-,19+,20+,22?,26?,27+,28+/m1/s1. The van der Waals surface area contributed by atoms with E-state index < -0.39 is 114 Å². The molecular weight excluding hydrogens is 608 g/mol. The highest BCUT2D eigenvalue weighted by molar-refractivity contribution is 5.93. The van der Waals surface area contributed by atoms with Crippen LogP contribution in [0.4, 0.5) is 0 Å². The molecule has 0 radical (unpaired) electrons. The lowest BCUT2D eigenvalue weighted by Crippen LogP contribution is -2.65. The van der Waals surface area contributed by atoms with Gasteiger partial charge in [-0.1, -0.05) is 0 Å². The van der Waals surface area contributed by atoms with Gasteiger partial charge < -0.3 is 79.2 Å². The van der Waals surface area contributed by atoms with Crippen molar-refractivity contribution >= 4 is 11.0 Å². The number of aliphatic hydroxyl groups is 7. The first-order valence-corrected chi connectivity index (χ1v) is 13.6. The number of fused-ring (bicyclic) bond motifs is 1. The van der Waals surface area contributed by atoms with Crippen molar-refractivity contribution in [2.75, 3.05) is 20.3 Å². The molecule has 0 spiro atoms. The smallest absolute Gasteiger partial charge is 0.238 e. The Labute approximate surface area is 252 Å². The molecule has 0 aliphatic carbocycles. The molecule has 4 unspecified atom stereocenters. The number of hydrogen-bond acceptors (Lipinski definition) is 17. The molecular formula is C28H32O17. The molecule has 3 aromatic rings. The molecule has 17 heteroatoms. The van der Waals surface area contributed by atoms with Crippen molar-refractivity contribution in [2.24, 2.45) is 0 Å². The number of ether oxygens (including phenoxy) is 5. The lowest BCUT2D eigenvalue weighted by Gasteiger charge is -2.45. The highest BCUT2D eigenvalue weighted by Gasteiger charge is 2.51. The first kappa shape index (κ1) is 32.6. The second-order valence-corrected chi connectivity index (χ2v) is 10.4. The molecule has 1 aromatic heterocycles. The van der Waals surface area contributed by atoms with Crippen molar-refractivity contribution in [3.05, 3.63) is 40.6 Å². The summed E-state index contributed by atoms with van der Waals surface area (Å²) in [5.41, 5.74) is -1.45. The zero-order valence-corrected chi connectivity index (χ0v) is 23.4. The van der Waals surface area contributed by atoms with E-state index in [0.29, 0.717) is 0 Å². The van der Waals surface area contributed by atoms with Gasteiger partial charge in [-0.15, -0.1) is 0 Å². The predicted octanol–water partition coefficient (Wildman–Crippen LogP) is -2.41. The first-order valence-electron chi connectivity index (χ1n) is 13.6. The summed E-state index contributed by atoms with van der Waals surface area (Å²) in [7, 11) is 1.17. The molecule has 0 saturated carbocycles. The third kappa shape index (κ3) is 5.86. The largest absolute Gasteiger partial charge is 0.508 e. The van der Waals surface area contributed by atoms with E-state index in [2.05, 4.69) is 0 Å². The molecule has 0 bridgehead atoms. The molecule has 0 amide bonds. The van der Waals surface area contributed by atoms with E-state index in [1.807, 2.05) is 0 Å². The van der Waals surface area contributed by atoms with Gasteiger partial charge in [-0.25, -0.2) is 0 Å². The molecule has 246 valence electrons. The van der Waals surface area contributed by atoms with Gasteiger partial charge >= 0.3 is 0 Å². The molecule has 2 aliphatic heterocycles. The van der Waals surface area contributed by atoms with E-state index in [1.54, 1.807) is 0 Å². The number of aromatic hydroxyl groups is 3. The minimum Gasteiger partial charge on any atom is -0.508 e. The van der Waals surface area contributed by atoms with Crippen molar-refractivity contribution in [1.82, 2.24) is 0 Å². The van der Waals surface area contributed by atoms with Crippen LogP contribution >= 0.6 is 0 Å². The molecule has 10 N–H and O–H groups in total. The van der Waals surface area contributed by atoms with Crippen molar-refractivity contribution in [3.63, 3.8) is 0 Å². The van der Waals surface area contributed by atoms with Crippen LogP contribution in [0, 0.1) is 0 Å². The van der Waals surface area contributed by atoms with Crippen molar-refractivity contribution < 1.29 is 79.2 Å². The summed E-state index contributed by atoms with van der Waals surface area (Å²) < 4.78 is 33.8. The van der Waals surface area contributed by atoms with Crippen LogP contribution in [0.1, 0.15) is 0 Å². The van der Waals surface area contributed by atoms with Crippen LogP contribution in [0.2, 0.25) is 0 Å². The highest BCUT2D eigenvalue weighted by atomic mass is 16.8. The van der Waals surface area contributed by atoms with Gasteiger partial charge in [0.2, 0.25) is 23.2 Å². The van der Waals surface area contributed by atoms with Gasteiger partial charge in [-0.05, 0) is 24.3 Å². The van der Waals surface area contributed by atoms with Crippen LogP contribution in [-0.2, 0) is 14.2 Å². The van der Waals surface area contributed by atoms with Crippen LogP contribution < -0.4 is 14.9 Å². The van der Waals surface area contributed by atoms with Gasteiger partial charge in [0.15, 0.2) is 29.5 Å². The van der Waals surface area contributed by atoms with Crippen molar-refractivity contribution in [1.29, 1.82) is 0 Å². The molecule has 2 aromatic carbocycles. The maximum Gasteiger partial charge on any atom is 0.238 e. The monoisotopic (exact) mass is 640 g/mol. The SMILES string of the molecule is COc1cc(O)c2c(=O)c(O)c(-c3ccc(O)cc3)oc2c1O[C@@H]1OC(CO)[C@@H](O)[C@H](O)C1O[C@@H]1OC(CO)[C@@H](O)[C@H](O)C1O. The maximum atomic E-state index is 13.2. The van der Waals surface area contributed by atoms with Crippen LogP contribution in [0.3, 0.4) is 0 Å². The van der Waals surface area contributed by atoms with Crippen LogP contribution in [0.5, 0.6) is 28.7 Å². The molecule has 2 aliphatic rings. The van der Waals surface area contributed by atoms with Gasteiger partial charge in [0.25, 0.3) is 0 Å². The van der Waals surface area contributed by atoms with Crippen LogP contribution in [0.25, 0.3) is 22.3 Å². The van der Waals surface area contributed by atoms with Gasteiger partial charge in [-0.2, -0.15) is 0 Å². The number of aliphatic hydroxyl groups excluding tert-OH is 7. The first-order chi connectivity index (χ1) is 21.4. The Morgan fingerprint density at radius 3 is 2.00 bits per heavy atom. The van der Waals surface area contributed by atoms with Gasteiger partial charge in [-0.3, -0.25) is 4.79 Å². The average molecular weight is 641 g/mol. The fourth-order valence-corrected chi connectivity index (χ4v) is 5.11. The summed E-state index contributed by atoms with van der Waals surface area (Å²) in [6.45, 7) is -1.62. The second-order valence-electron chi connectivity index (χ2n) is 10.4. The van der Waals surface area contributed by atoms with Gasteiger partial charge in [0.05, 0.1) is 20.3 Å². The van der Waals surface area contributed by atoms with E-state index in [1.165, 1.54) is 31.4 Å². The quantitative estimate of drug-likeness (QED) is 0.123. The van der Waals surface area contributed by atoms with Crippen molar-refractivity contribution in [3.8, 4) is 40.1 Å². The molecule has 10 atom stereocenters. The lowest BCUT2D eigenvalue weighted by atomic mass is 9.97. The zero-order chi connectivity index (χ0) is 32.7. The van der Waals surface area contributed by atoms with Gasteiger partial charge in [0, 0.05) is 11.6 Å². The van der Waals surface area contributed by atoms with Crippen molar-refractivity contribution in [2.45, 2.75) is 61.4 Å². The summed E-state index contributed by atoms with van der Waals surface area (Å²) in [5.74, 6) is -2.80. The molecule has 3 heterocycles. The Bertz CT molecular complexity index is 1560. The average Bonchev–Trinajstić information content (AvgIpc) is 3.03. The number of benzene rings is 2. The zero-order valence-electron chi connectivity index (χ0n) is 23.4. The Morgan fingerprint density at radius 1 is 0.800 bits per heavy atom. The van der Waals surface area contributed by atoms with E-state index >= 15 is 0 Å². The lowest BCUT2D eigenvalue weighted by molar-refractivity contribution is -0.357. The molecule has 17 nitrogen and oxygen atoms in total. The molecule has 5 rings (SSSR count). The summed E-state index contributed by atoms with van der Waals surface area (Å²) >= 11 is 0. The Kier molecular flexibility index (Phi) is 9.38. The minimum atomic E-state index is -1.93. The van der Waals surface area contributed by atoms with E-state index in [-0.39, 0.29) is 17.1 Å². The van der Waals surface area contributed by atoms with E-state index in [0.717, 1.165) is 6.07 Å². The predicted molar refractivity (Wildman–Crippen MR) is 146 cm³/mol. The Morgan fingerprint density at radius 2 is 1.40 bits per heavy atom. The summed E-state index contributed by atoms with van der Waals surface area (Å²) in [6.07, 6.45) is -17.6. The van der Waals surface area contributed by atoms with Crippen LogP contribution in [0.15, 0.2) is 39.5 Å². The number of methoxy groups -OCH3 is 1. The molecule has 45 heavy (non-hydrogen) atoms. The third-order valence-corrected chi connectivity index (χ3v) is 7.59. The van der Waals surface area contributed by atoms with E-state index in [4.69, 9.17) is 28.1 Å². The summed E-state index contributed by atoms with van der Waals surface area (Å²) in [5, 5.41) is 102. The minimum absolute atomic E-state index is 0.121. The summed E-state index contributed by atoms with van der Waals surface area (Å²) in [6, 6.07) is 6.14. The second kappa shape index (κ2) is 12.9. The fraction of sp³-hybridized carbons (Fsp3) is 0.464. The highest BCUT2D eigenvalue weighted by Crippen LogP contribution is 2.44. The normalized spacial score (nSPS) is 32.0. The Hall–Kier alpha value is -3.75. The maximum absolute atomic E-state index is 13.2. The molecule has 2 fully saturated rings. The third-order valence-electron chi connectivity index (χ3n) is 7.59. The van der Waals surface area contributed by atoms with Crippen LogP contribution in [-0.4, -0.2) is 133 Å². The molecule has 2 saturated heterocycles. The number of rotatable bonds is 8.